The quantitative estimate of drug-likeness (QED) is 0.472. The van der Waals surface area contributed by atoms with Crippen molar-refractivity contribution >= 4 is 34.2 Å². The average molecular weight is 331 g/mol. The van der Waals surface area contributed by atoms with E-state index in [0.29, 0.717) is 11.4 Å². The van der Waals surface area contributed by atoms with Crippen molar-refractivity contribution in [1.29, 1.82) is 0 Å². The standard InChI is InChI=1S/C16H21Cl2FN2/c1-10(2)6-4-5-7-21-15-8-12(18)13(19)9-14(15)20-16(21)11(3)17/h8-11H,4-7H2,1-3H3. The minimum atomic E-state index is -0.442. The monoisotopic (exact) mass is 330 g/mol. The number of halogens is 3. The summed E-state index contributed by atoms with van der Waals surface area (Å²) in [5.41, 5.74) is 1.47. The van der Waals surface area contributed by atoms with E-state index in [1.54, 1.807) is 6.07 Å². The van der Waals surface area contributed by atoms with Gasteiger partial charge in [0.25, 0.3) is 0 Å². The number of fused-ring (bicyclic) bond motifs is 1. The van der Waals surface area contributed by atoms with Crippen molar-refractivity contribution in [3.05, 3.63) is 28.8 Å². The summed E-state index contributed by atoms with van der Waals surface area (Å²) in [6.45, 7) is 7.16. The summed E-state index contributed by atoms with van der Waals surface area (Å²) in [5, 5.41) is -0.0936. The first-order valence-corrected chi connectivity index (χ1v) is 8.20. The Hall–Kier alpha value is -0.800. The zero-order valence-electron chi connectivity index (χ0n) is 12.7. The maximum Gasteiger partial charge on any atom is 0.144 e. The summed E-state index contributed by atoms with van der Waals surface area (Å²) in [5.74, 6) is 1.04. The highest BCUT2D eigenvalue weighted by atomic mass is 35.5. The van der Waals surface area contributed by atoms with E-state index in [2.05, 4.69) is 23.4 Å². The summed E-state index contributed by atoms with van der Waals surface area (Å²) in [7, 11) is 0. The van der Waals surface area contributed by atoms with E-state index in [-0.39, 0.29) is 10.4 Å². The molecule has 1 aromatic carbocycles. The van der Waals surface area contributed by atoms with Gasteiger partial charge in [-0.05, 0) is 25.3 Å². The number of unbranched alkanes of at least 4 members (excludes halogenated alkanes) is 1. The number of aromatic nitrogens is 2. The lowest BCUT2D eigenvalue weighted by Crippen LogP contribution is -2.05. The van der Waals surface area contributed by atoms with Crippen molar-refractivity contribution in [3.63, 3.8) is 0 Å². The Balaban J connectivity index is 2.30. The molecule has 2 aromatic rings. The molecule has 0 amide bonds. The SMILES string of the molecule is CC(C)CCCCn1c(C(C)Cl)nc2cc(F)c(Cl)cc21. The molecule has 0 saturated carbocycles. The maximum atomic E-state index is 13.6. The number of nitrogens with zero attached hydrogens (tertiary/aromatic N) is 2. The van der Waals surface area contributed by atoms with Crippen LogP contribution in [0.25, 0.3) is 11.0 Å². The van der Waals surface area contributed by atoms with Gasteiger partial charge in [0.15, 0.2) is 0 Å². The van der Waals surface area contributed by atoms with E-state index in [4.69, 9.17) is 23.2 Å². The Morgan fingerprint density at radius 2 is 1.95 bits per heavy atom. The van der Waals surface area contributed by atoms with Crippen LogP contribution >= 0.6 is 23.2 Å². The molecule has 5 heteroatoms. The highest BCUT2D eigenvalue weighted by molar-refractivity contribution is 6.31. The highest BCUT2D eigenvalue weighted by Gasteiger charge is 2.16. The zero-order valence-corrected chi connectivity index (χ0v) is 14.2. The molecule has 116 valence electrons. The Morgan fingerprint density at radius 1 is 1.24 bits per heavy atom. The van der Waals surface area contributed by atoms with Gasteiger partial charge in [0.05, 0.1) is 21.4 Å². The van der Waals surface area contributed by atoms with E-state index in [0.717, 1.165) is 30.7 Å². The number of aryl methyl sites for hydroxylation is 1. The van der Waals surface area contributed by atoms with Gasteiger partial charge in [-0.1, -0.05) is 38.3 Å². The maximum absolute atomic E-state index is 13.6. The minimum Gasteiger partial charge on any atom is -0.327 e. The summed E-state index contributed by atoms with van der Waals surface area (Å²) in [6, 6.07) is 3.02. The predicted molar refractivity (Wildman–Crippen MR) is 87.7 cm³/mol. The normalized spacial score (nSPS) is 13.3. The lowest BCUT2D eigenvalue weighted by Gasteiger charge is -2.11. The second-order valence-electron chi connectivity index (χ2n) is 5.88. The van der Waals surface area contributed by atoms with Crippen molar-refractivity contribution in [2.24, 2.45) is 5.92 Å². The Labute approximate surface area is 135 Å². The third-order valence-electron chi connectivity index (χ3n) is 3.59. The number of hydrogen-bond donors (Lipinski definition) is 0. The van der Waals surface area contributed by atoms with Crippen molar-refractivity contribution in [1.82, 2.24) is 9.55 Å². The molecule has 2 nitrogen and oxygen atoms in total. The van der Waals surface area contributed by atoms with Gasteiger partial charge in [-0.2, -0.15) is 0 Å². The van der Waals surface area contributed by atoms with Gasteiger partial charge >= 0.3 is 0 Å². The fourth-order valence-electron chi connectivity index (χ4n) is 2.50. The van der Waals surface area contributed by atoms with Crippen LogP contribution in [0.5, 0.6) is 0 Å². The second kappa shape index (κ2) is 6.97. The highest BCUT2D eigenvalue weighted by Crippen LogP contribution is 2.28. The first-order valence-electron chi connectivity index (χ1n) is 7.39. The van der Waals surface area contributed by atoms with Crippen LogP contribution in [0.15, 0.2) is 12.1 Å². The number of rotatable bonds is 6. The number of alkyl halides is 1. The second-order valence-corrected chi connectivity index (χ2v) is 6.94. The molecule has 21 heavy (non-hydrogen) atoms. The first kappa shape index (κ1) is 16.6. The summed E-state index contributed by atoms with van der Waals surface area (Å²) >= 11 is 12.1. The average Bonchev–Trinajstić information content (AvgIpc) is 2.73. The Kier molecular flexibility index (Phi) is 5.50. The minimum absolute atomic E-state index is 0.125. The van der Waals surface area contributed by atoms with Crippen LogP contribution in [-0.4, -0.2) is 9.55 Å². The van der Waals surface area contributed by atoms with Gasteiger partial charge < -0.3 is 4.57 Å². The Morgan fingerprint density at radius 3 is 2.57 bits per heavy atom. The molecule has 1 unspecified atom stereocenters. The molecule has 2 rings (SSSR count). The van der Waals surface area contributed by atoms with Crippen LogP contribution in [0.4, 0.5) is 4.39 Å². The van der Waals surface area contributed by atoms with E-state index in [1.165, 1.54) is 12.5 Å². The molecule has 1 aromatic heterocycles. The molecule has 0 spiro atoms. The van der Waals surface area contributed by atoms with Crippen LogP contribution in [0, 0.1) is 11.7 Å². The summed E-state index contributed by atoms with van der Waals surface area (Å²) in [6.07, 6.45) is 3.41. The van der Waals surface area contributed by atoms with Crippen LogP contribution in [0.1, 0.15) is 51.2 Å². The topological polar surface area (TPSA) is 17.8 Å². The van der Waals surface area contributed by atoms with Gasteiger partial charge in [-0.25, -0.2) is 9.37 Å². The van der Waals surface area contributed by atoms with Crippen LogP contribution in [0.2, 0.25) is 5.02 Å². The van der Waals surface area contributed by atoms with Gasteiger partial charge in [0.2, 0.25) is 0 Å². The molecule has 0 bridgehead atoms. The van der Waals surface area contributed by atoms with E-state index in [9.17, 15) is 4.39 Å². The molecule has 0 aliphatic rings. The van der Waals surface area contributed by atoms with E-state index in [1.807, 2.05) is 6.92 Å². The van der Waals surface area contributed by atoms with Gasteiger partial charge in [-0.3, -0.25) is 0 Å². The van der Waals surface area contributed by atoms with Crippen molar-refractivity contribution in [2.45, 2.75) is 52.0 Å². The molecular formula is C16H21Cl2FN2. The third-order valence-corrected chi connectivity index (χ3v) is 4.07. The van der Waals surface area contributed by atoms with Crippen molar-refractivity contribution in [3.8, 4) is 0 Å². The fraction of sp³-hybridized carbons (Fsp3) is 0.562. The lowest BCUT2D eigenvalue weighted by molar-refractivity contribution is 0.507. The smallest absolute Gasteiger partial charge is 0.144 e. The van der Waals surface area contributed by atoms with Gasteiger partial charge in [0, 0.05) is 12.6 Å². The Bertz CT molecular complexity index is 620. The van der Waals surface area contributed by atoms with Crippen LogP contribution < -0.4 is 0 Å². The largest absolute Gasteiger partial charge is 0.327 e. The van der Waals surface area contributed by atoms with Crippen LogP contribution in [0.3, 0.4) is 0 Å². The predicted octanol–water partition coefficient (Wildman–Crippen LogP) is 5.95. The van der Waals surface area contributed by atoms with Gasteiger partial charge in [0.1, 0.15) is 11.6 Å². The summed E-state index contributed by atoms with van der Waals surface area (Å²) < 4.78 is 15.6. The fourth-order valence-corrected chi connectivity index (χ4v) is 2.82. The molecule has 1 heterocycles. The number of imidazole rings is 1. The molecular weight excluding hydrogens is 310 g/mol. The summed E-state index contributed by atoms with van der Waals surface area (Å²) in [4.78, 5) is 4.46. The van der Waals surface area contributed by atoms with Gasteiger partial charge in [-0.15, -0.1) is 11.6 Å². The van der Waals surface area contributed by atoms with E-state index < -0.39 is 5.82 Å². The number of hydrogen-bond acceptors (Lipinski definition) is 1. The van der Waals surface area contributed by atoms with Crippen molar-refractivity contribution < 1.29 is 4.39 Å². The number of benzene rings is 1. The van der Waals surface area contributed by atoms with E-state index >= 15 is 0 Å². The molecule has 0 N–H and O–H groups in total. The zero-order chi connectivity index (χ0) is 15.6. The molecule has 1 atom stereocenters. The lowest BCUT2D eigenvalue weighted by atomic mass is 10.1. The molecule has 0 saturated heterocycles. The first-order chi connectivity index (χ1) is 9.90. The molecule has 0 radical (unpaired) electrons. The third kappa shape index (κ3) is 3.89. The molecule has 0 aliphatic carbocycles. The van der Waals surface area contributed by atoms with Crippen LogP contribution in [-0.2, 0) is 6.54 Å². The van der Waals surface area contributed by atoms with Crippen molar-refractivity contribution in [2.75, 3.05) is 0 Å². The molecule has 0 fully saturated rings. The molecule has 0 aliphatic heterocycles.